The fraction of sp³-hybridized carbons (Fsp3) is 0.455. The van der Waals surface area contributed by atoms with Gasteiger partial charge in [-0.25, -0.2) is 0 Å². The van der Waals surface area contributed by atoms with E-state index in [1.807, 2.05) is 39.0 Å². The highest BCUT2D eigenvalue weighted by molar-refractivity contribution is 5.58. The lowest BCUT2D eigenvalue weighted by molar-refractivity contribution is 0.223. The fourth-order valence-corrected chi connectivity index (χ4v) is 3.47. The number of allylic oxidation sites excluding steroid dienone is 1. The van der Waals surface area contributed by atoms with Crippen LogP contribution in [0.3, 0.4) is 0 Å². The Morgan fingerprint density at radius 1 is 1.31 bits per heavy atom. The number of rotatable bonds is 5. The van der Waals surface area contributed by atoms with E-state index in [1.54, 1.807) is 0 Å². The van der Waals surface area contributed by atoms with Crippen molar-refractivity contribution in [3.05, 3.63) is 46.5 Å². The van der Waals surface area contributed by atoms with E-state index < -0.39 is 5.92 Å². The molecule has 0 amide bonds. The highest BCUT2D eigenvalue weighted by Crippen LogP contribution is 2.47. The molecule has 0 fully saturated rings. The number of nitrogens with two attached hydrogens (primary N) is 1. The van der Waals surface area contributed by atoms with Gasteiger partial charge >= 0.3 is 0 Å². The molecule has 0 spiro atoms. The van der Waals surface area contributed by atoms with Gasteiger partial charge in [-0.05, 0) is 38.5 Å². The van der Waals surface area contributed by atoms with Gasteiger partial charge in [-0.1, -0.05) is 26.8 Å². The zero-order valence-corrected chi connectivity index (χ0v) is 17.8. The van der Waals surface area contributed by atoms with Crippen LogP contribution < -0.4 is 19.9 Å². The Balaban J connectivity index is 2.20. The Hall–Kier alpha value is -3.14. The van der Waals surface area contributed by atoms with E-state index in [1.165, 1.54) is 0 Å². The smallest absolute Gasteiger partial charge is 0.244 e. The molecule has 0 saturated heterocycles. The van der Waals surface area contributed by atoms with Crippen molar-refractivity contribution in [2.75, 3.05) is 6.61 Å². The molecule has 3 rings (SSSR count). The highest BCUT2D eigenvalue weighted by atomic mass is 16.5. The summed E-state index contributed by atoms with van der Waals surface area (Å²) in [7, 11) is 0. The molecular formula is C22H28N4O3. The predicted octanol–water partition coefficient (Wildman–Crippen LogP) is 4.11. The van der Waals surface area contributed by atoms with E-state index in [0.717, 1.165) is 16.8 Å². The summed E-state index contributed by atoms with van der Waals surface area (Å²) in [5, 5.41) is 17.2. The van der Waals surface area contributed by atoms with E-state index in [4.69, 9.17) is 19.9 Å². The van der Waals surface area contributed by atoms with Crippen LogP contribution in [0.25, 0.3) is 0 Å². The highest BCUT2D eigenvalue weighted by Gasteiger charge is 2.38. The predicted molar refractivity (Wildman–Crippen MR) is 110 cm³/mol. The Morgan fingerprint density at radius 3 is 2.62 bits per heavy atom. The molecule has 1 aliphatic heterocycles. The average Bonchev–Trinajstić information content (AvgIpc) is 3.05. The average molecular weight is 396 g/mol. The first kappa shape index (κ1) is 20.6. The number of hydrogen-bond acceptors (Lipinski definition) is 6. The molecule has 0 bridgehead atoms. The number of nitrogens with one attached hydrogen (secondary N) is 1. The third-order valence-corrected chi connectivity index (χ3v) is 4.65. The van der Waals surface area contributed by atoms with Gasteiger partial charge in [0, 0.05) is 11.1 Å². The molecule has 1 atom stereocenters. The van der Waals surface area contributed by atoms with E-state index in [0.29, 0.717) is 29.6 Å². The fourth-order valence-electron chi connectivity index (χ4n) is 3.47. The molecule has 29 heavy (non-hydrogen) atoms. The monoisotopic (exact) mass is 396 g/mol. The van der Waals surface area contributed by atoms with Crippen molar-refractivity contribution in [1.82, 2.24) is 10.2 Å². The summed E-state index contributed by atoms with van der Waals surface area (Å²) in [5.41, 5.74) is 8.78. The number of aromatic nitrogens is 2. The molecule has 0 aliphatic carbocycles. The topological polar surface area (TPSA) is 106 Å². The summed E-state index contributed by atoms with van der Waals surface area (Å²) >= 11 is 0. The van der Waals surface area contributed by atoms with Gasteiger partial charge in [-0.3, -0.25) is 5.10 Å². The SMILES string of the molecule is CCOc1cc(C2C(C#N)=C(N)Oc3n[nH]c(C(C)(C)C)c32)ccc1OC(C)C. The summed E-state index contributed by atoms with van der Waals surface area (Å²) in [6.07, 6.45) is 0.0151. The summed E-state index contributed by atoms with van der Waals surface area (Å²) < 4.78 is 17.4. The molecule has 2 heterocycles. The summed E-state index contributed by atoms with van der Waals surface area (Å²) in [6, 6.07) is 7.94. The molecule has 0 radical (unpaired) electrons. The Morgan fingerprint density at radius 2 is 2.03 bits per heavy atom. The van der Waals surface area contributed by atoms with E-state index in [9.17, 15) is 5.26 Å². The van der Waals surface area contributed by atoms with Gasteiger partial charge in [0.05, 0.1) is 24.2 Å². The lowest BCUT2D eigenvalue weighted by atomic mass is 9.79. The number of aromatic amines is 1. The van der Waals surface area contributed by atoms with Crippen molar-refractivity contribution in [3.8, 4) is 23.4 Å². The van der Waals surface area contributed by atoms with Crippen LogP contribution in [0.5, 0.6) is 17.4 Å². The number of benzene rings is 1. The maximum Gasteiger partial charge on any atom is 0.244 e. The van der Waals surface area contributed by atoms with Crippen molar-refractivity contribution in [1.29, 1.82) is 5.26 Å². The van der Waals surface area contributed by atoms with Crippen LogP contribution in [0.4, 0.5) is 0 Å². The second kappa shape index (κ2) is 7.70. The Kier molecular flexibility index (Phi) is 5.47. The number of nitrogens with zero attached hydrogens (tertiary/aromatic N) is 2. The van der Waals surface area contributed by atoms with Gasteiger partial charge in [0.15, 0.2) is 11.5 Å². The first-order valence-electron chi connectivity index (χ1n) is 9.77. The number of fused-ring (bicyclic) bond motifs is 1. The minimum atomic E-state index is -0.413. The van der Waals surface area contributed by atoms with Crippen molar-refractivity contribution in [3.63, 3.8) is 0 Å². The zero-order chi connectivity index (χ0) is 21.3. The first-order chi connectivity index (χ1) is 13.7. The molecule has 2 aromatic rings. The van der Waals surface area contributed by atoms with Crippen molar-refractivity contribution in [2.45, 2.75) is 59.0 Å². The van der Waals surface area contributed by atoms with Crippen molar-refractivity contribution >= 4 is 0 Å². The van der Waals surface area contributed by atoms with Crippen molar-refractivity contribution < 1.29 is 14.2 Å². The van der Waals surface area contributed by atoms with Gasteiger partial charge in [0.1, 0.15) is 11.6 Å². The molecule has 1 aromatic carbocycles. The maximum atomic E-state index is 9.84. The lowest BCUT2D eigenvalue weighted by Gasteiger charge is -2.28. The number of nitriles is 1. The normalized spacial score (nSPS) is 16.3. The molecule has 1 unspecified atom stereocenters. The van der Waals surface area contributed by atoms with Crippen LogP contribution >= 0.6 is 0 Å². The first-order valence-corrected chi connectivity index (χ1v) is 9.77. The maximum absolute atomic E-state index is 9.84. The molecule has 1 aromatic heterocycles. The third kappa shape index (κ3) is 3.88. The van der Waals surface area contributed by atoms with Gasteiger partial charge in [-0.15, -0.1) is 5.10 Å². The minimum Gasteiger partial charge on any atom is -0.490 e. The van der Waals surface area contributed by atoms with Crippen molar-refractivity contribution in [2.24, 2.45) is 5.73 Å². The Labute approximate surface area is 171 Å². The molecular weight excluding hydrogens is 368 g/mol. The summed E-state index contributed by atoms with van der Waals surface area (Å²) in [5.74, 6) is 1.35. The van der Waals surface area contributed by atoms with Crippen LogP contribution in [-0.4, -0.2) is 22.9 Å². The summed E-state index contributed by atoms with van der Waals surface area (Å²) in [4.78, 5) is 0. The summed E-state index contributed by atoms with van der Waals surface area (Å²) in [6.45, 7) is 12.6. The minimum absolute atomic E-state index is 0.0151. The van der Waals surface area contributed by atoms with Crippen LogP contribution in [0.15, 0.2) is 29.7 Å². The molecule has 7 nitrogen and oxygen atoms in total. The largest absolute Gasteiger partial charge is 0.490 e. The Bertz CT molecular complexity index is 977. The van der Waals surface area contributed by atoms with Crippen LogP contribution in [0.2, 0.25) is 0 Å². The number of hydrogen-bond donors (Lipinski definition) is 2. The van der Waals surface area contributed by atoms with Crippen LogP contribution in [0, 0.1) is 11.3 Å². The van der Waals surface area contributed by atoms with E-state index >= 15 is 0 Å². The molecule has 0 saturated carbocycles. The van der Waals surface area contributed by atoms with Gasteiger partial charge < -0.3 is 19.9 Å². The second-order valence-corrected chi connectivity index (χ2v) is 8.30. The van der Waals surface area contributed by atoms with E-state index in [-0.39, 0.29) is 17.4 Å². The molecule has 3 N–H and O–H groups in total. The zero-order valence-electron chi connectivity index (χ0n) is 17.8. The number of ether oxygens (including phenoxy) is 3. The van der Waals surface area contributed by atoms with Gasteiger partial charge in [-0.2, -0.15) is 5.26 Å². The molecule has 1 aliphatic rings. The standard InChI is InChI=1S/C22H28N4O3/c1-7-27-16-10-13(8-9-15(16)28-12(2)3)17-14(11-23)20(24)29-21-18(17)19(25-26-21)22(4,5)6/h8-10,12,17H,7,24H2,1-6H3,(H,25,26). The van der Waals surface area contributed by atoms with Gasteiger partial charge in [0.25, 0.3) is 0 Å². The van der Waals surface area contributed by atoms with Crippen LogP contribution in [0.1, 0.15) is 64.3 Å². The van der Waals surface area contributed by atoms with Gasteiger partial charge in [0.2, 0.25) is 11.8 Å². The van der Waals surface area contributed by atoms with E-state index in [2.05, 4.69) is 37.0 Å². The third-order valence-electron chi connectivity index (χ3n) is 4.65. The molecule has 7 heteroatoms. The molecule has 154 valence electrons. The second-order valence-electron chi connectivity index (χ2n) is 8.30. The quantitative estimate of drug-likeness (QED) is 0.788. The van der Waals surface area contributed by atoms with Crippen LogP contribution in [-0.2, 0) is 5.41 Å². The lowest BCUT2D eigenvalue weighted by Crippen LogP contribution is -2.24. The number of H-pyrrole nitrogens is 1.